The molecular formula is C14H24N2S. The van der Waals surface area contributed by atoms with E-state index in [9.17, 15) is 0 Å². The molecule has 0 bridgehead atoms. The molecule has 0 saturated carbocycles. The second-order valence-electron chi connectivity index (χ2n) is 5.05. The predicted octanol–water partition coefficient (Wildman–Crippen LogP) is 3.13. The summed E-state index contributed by atoms with van der Waals surface area (Å²) in [5.41, 5.74) is 0. The number of hydrogen-bond acceptors (Lipinski definition) is 3. The molecule has 1 aromatic rings. The summed E-state index contributed by atoms with van der Waals surface area (Å²) < 4.78 is 0. The number of nitrogens with zero attached hydrogens (tertiary/aromatic N) is 1. The molecule has 1 aliphatic rings. The second kappa shape index (κ2) is 6.53. The highest BCUT2D eigenvalue weighted by Crippen LogP contribution is 2.29. The van der Waals surface area contributed by atoms with E-state index in [0.717, 1.165) is 12.5 Å². The van der Waals surface area contributed by atoms with Crippen LogP contribution in [0.1, 0.15) is 37.6 Å². The summed E-state index contributed by atoms with van der Waals surface area (Å²) in [6, 6.07) is 5.02. The van der Waals surface area contributed by atoms with Crippen LogP contribution < -0.4 is 5.32 Å². The van der Waals surface area contributed by atoms with Crippen molar-refractivity contribution in [3.8, 4) is 0 Å². The lowest BCUT2D eigenvalue weighted by molar-refractivity contribution is 0.255. The molecule has 0 amide bonds. The van der Waals surface area contributed by atoms with Gasteiger partial charge in [0.05, 0.1) is 0 Å². The van der Waals surface area contributed by atoms with Gasteiger partial charge in [-0.15, -0.1) is 11.3 Å². The van der Waals surface area contributed by atoms with Gasteiger partial charge in [-0.25, -0.2) is 0 Å². The molecule has 96 valence electrons. The van der Waals surface area contributed by atoms with E-state index >= 15 is 0 Å². The molecule has 1 aromatic heterocycles. The van der Waals surface area contributed by atoms with Gasteiger partial charge in [0, 0.05) is 17.5 Å². The quantitative estimate of drug-likeness (QED) is 0.783. The van der Waals surface area contributed by atoms with E-state index in [4.69, 9.17) is 0 Å². The molecule has 1 aliphatic heterocycles. The summed E-state index contributed by atoms with van der Waals surface area (Å²) in [6.07, 6.45) is 2.59. The Balaban J connectivity index is 1.77. The summed E-state index contributed by atoms with van der Waals surface area (Å²) in [5, 5.41) is 5.73. The van der Waals surface area contributed by atoms with Crippen molar-refractivity contribution in [1.82, 2.24) is 10.2 Å². The van der Waals surface area contributed by atoms with Gasteiger partial charge >= 0.3 is 0 Å². The third kappa shape index (κ3) is 3.54. The van der Waals surface area contributed by atoms with E-state index in [1.807, 2.05) is 11.3 Å². The minimum absolute atomic E-state index is 0.603. The molecule has 1 N–H and O–H groups in total. The average molecular weight is 252 g/mol. The zero-order valence-corrected chi connectivity index (χ0v) is 11.8. The third-order valence-corrected chi connectivity index (χ3v) is 4.72. The Morgan fingerprint density at radius 1 is 1.59 bits per heavy atom. The monoisotopic (exact) mass is 252 g/mol. The summed E-state index contributed by atoms with van der Waals surface area (Å²) in [6.45, 7) is 9.45. The van der Waals surface area contributed by atoms with E-state index in [2.05, 4.69) is 41.6 Å². The van der Waals surface area contributed by atoms with Crippen LogP contribution in [0.15, 0.2) is 17.5 Å². The van der Waals surface area contributed by atoms with Gasteiger partial charge in [-0.2, -0.15) is 0 Å². The highest BCUT2D eigenvalue weighted by atomic mass is 32.1. The molecule has 0 radical (unpaired) electrons. The molecule has 2 unspecified atom stereocenters. The largest absolute Gasteiger partial charge is 0.316 e. The minimum atomic E-state index is 0.603. The van der Waals surface area contributed by atoms with Crippen LogP contribution in [0.3, 0.4) is 0 Å². The number of likely N-dealkylation sites (tertiary alicyclic amines) is 1. The molecule has 2 heterocycles. The fourth-order valence-corrected chi connectivity index (χ4v) is 3.39. The van der Waals surface area contributed by atoms with Gasteiger partial charge in [0.15, 0.2) is 0 Å². The number of nitrogens with one attached hydrogen (secondary N) is 1. The average Bonchev–Trinajstić information content (AvgIpc) is 3.00. The first-order chi connectivity index (χ1) is 8.31. The Bertz CT molecular complexity index is 310. The molecule has 3 heteroatoms. The van der Waals surface area contributed by atoms with Crippen LogP contribution in [-0.4, -0.2) is 31.1 Å². The van der Waals surface area contributed by atoms with Crippen molar-refractivity contribution in [2.24, 2.45) is 5.92 Å². The van der Waals surface area contributed by atoms with E-state index in [-0.39, 0.29) is 0 Å². The molecule has 2 atom stereocenters. The Morgan fingerprint density at radius 3 is 3.18 bits per heavy atom. The van der Waals surface area contributed by atoms with Crippen molar-refractivity contribution in [3.05, 3.63) is 22.4 Å². The third-order valence-electron chi connectivity index (χ3n) is 3.68. The van der Waals surface area contributed by atoms with Crippen molar-refractivity contribution >= 4 is 11.3 Å². The van der Waals surface area contributed by atoms with Crippen molar-refractivity contribution < 1.29 is 0 Å². The Kier molecular flexibility index (Phi) is 5.01. The van der Waals surface area contributed by atoms with Crippen molar-refractivity contribution in [2.75, 3.05) is 26.2 Å². The summed E-state index contributed by atoms with van der Waals surface area (Å²) in [4.78, 5) is 4.14. The van der Waals surface area contributed by atoms with Crippen LogP contribution in [0.4, 0.5) is 0 Å². The zero-order valence-electron chi connectivity index (χ0n) is 11.0. The van der Waals surface area contributed by atoms with Gasteiger partial charge in [0.2, 0.25) is 0 Å². The van der Waals surface area contributed by atoms with Crippen molar-refractivity contribution in [2.45, 2.75) is 32.7 Å². The standard InChI is InChI=1S/C14H24N2S/c1-3-7-15-10-13-6-8-16(11-13)12(2)14-5-4-9-17-14/h4-5,9,12-13,15H,3,6-8,10-11H2,1-2H3. The lowest BCUT2D eigenvalue weighted by atomic mass is 10.1. The van der Waals surface area contributed by atoms with Crippen LogP contribution >= 0.6 is 11.3 Å². The highest BCUT2D eigenvalue weighted by molar-refractivity contribution is 7.10. The molecule has 1 fully saturated rings. The maximum absolute atomic E-state index is 3.55. The van der Waals surface area contributed by atoms with Gasteiger partial charge in [0.25, 0.3) is 0 Å². The Labute approximate surface area is 109 Å². The van der Waals surface area contributed by atoms with Crippen LogP contribution in [0.2, 0.25) is 0 Å². The van der Waals surface area contributed by atoms with Crippen LogP contribution in [0.5, 0.6) is 0 Å². The fourth-order valence-electron chi connectivity index (χ4n) is 2.57. The molecule has 2 nitrogen and oxygen atoms in total. The first kappa shape index (κ1) is 13.1. The molecule has 2 rings (SSSR count). The summed E-state index contributed by atoms with van der Waals surface area (Å²) >= 11 is 1.88. The second-order valence-corrected chi connectivity index (χ2v) is 6.02. The van der Waals surface area contributed by atoms with E-state index in [0.29, 0.717) is 6.04 Å². The molecule has 0 aromatic carbocycles. The van der Waals surface area contributed by atoms with Gasteiger partial charge in [0.1, 0.15) is 0 Å². The van der Waals surface area contributed by atoms with Crippen molar-refractivity contribution in [3.63, 3.8) is 0 Å². The maximum Gasteiger partial charge on any atom is 0.0413 e. The first-order valence-electron chi connectivity index (χ1n) is 6.79. The highest BCUT2D eigenvalue weighted by Gasteiger charge is 2.26. The van der Waals surface area contributed by atoms with Crippen LogP contribution in [-0.2, 0) is 0 Å². The zero-order chi connectivity index (χ0) is 12.1. The van der Waals surface area contributed by atoms with Crippen LogP contribution in [0.25, 0.3) is 0 Å². The number of hydrogen-bond donors (Lipinski definition) is 1. The first-order valence-corrected chi connectivity index (χ1v) is 7.67. The van der Waals surface area contributed by atoms with Crippen LogP contribution in [0, 0.1) is 5.92 Å². The maximum atomic E-state index is 3.55. The lowest BCUT2D eigenvalue weighted by Gasteiger charge is -2.23. The molecule has 1 saturated heterocycles. The lowest BCUT2D eigenvalue weighted by Crippen LogP contribution is -2.28. The smallest absolute Gasteiger partial charge is 0.0413 e. The predicted molar refractivity (Wildman–Crippen MR) is 75.6 cm³/mol. The Morgan fingerprint density at radius 2 is 2.47 bits per heavy atom. The van der Waals surface area contributed by atoms with Crippen molar-refractivity contribution in [1.29, 1.82) is 0 Å². The van der Waals surface area contributed by atoms with E-state index in [1.54, 1.807) is 0 Å². The topological polar surface area (TPSA) is 15.3 Å². The summed E-state index contributed by atoms with van der Waals surface area (Å²) in [5.74, 6) is 0.851. The fraction of sp³-hybridized carbons (Fsp3) is 0.714. The Hall–Kier alpha value is -0.380. The molecule has 0 aliphatic carbocycles. The normalized spacial score (nSPS) is 23.1. The van der Waals surface area contributed by atoms with E-state index in [1.165, 1.54) is 37.4 Å². The van der Waals surface area contributed by atoms with Gasteiger partial charge in [-0.3, -0.25) is 4.90 Å². The molecule has 0 spiro atoms. The molecule has 17 heavy (non-hydrogen) atoms. The number of rotatable bonds is 6. The molecular weight excluding hydrogens is 228 g/mol. The SMILES string of the molecule is CCCNCC1CCN(C(C)c2cccs2)C1. The van der Waals surface area contributed by atoms with E-state index < -0.39 is 0 Å². The number of thiophene rings is 1. The van der Waals surface area contributed by atoms with Gasteiger partial charge in [-0.05, 0) is 56.8 Å². The van der Waals surface area contributed by atoms with Gasteiger partial charge < -0.3 is 5.32 Å². The summed E-state index contributed by atoms with van der Waals surface area (Å²) in [7, 11) is 0. The van der Waals surface area contributed by atoms with Gasteiger partial charge in [-0.1, -0.05) is 13.0 Å². The minimum Gasteiger partial charge on any atom is -0.316 e.